The Morgan fingerprint density at radius 2 is 1.74 bits per heavy atom. The van der Waals surface area contributed by atoms with Crippen LogP contribution in [-0.2, 0) is 41.2 Å². The summed E-state index contributed by atoms with van der Waals surface area (Å²) in [4.78, 5) is 2.83. The second kappa shape index (κ2) is 10.6. The van der Waals surface area contributed by atoms with Crippen LogP contribution in [0, 0.1) is 0 Å². The second-order valence-electron chi connectivity index (χ2n) is 9.30. The molecular formula is C26H33N5O3S. The van der Waals surface area contributed by atoms with Gasteiger partial charge in [0.15, 0.2) is 5.82 Å². The number of rotatable bonds is 8. The monoisotopic (exact) mass is 495 g/mol. The van der Waals surface area contributed by atoms with Crippen molar-refractivity contribution < 1.29 is 13.2 Å². The molecule has 3 aromatic rings. The molecule has 0 bridgehead atoms. The number of hydrogen-bond donors (Lipinski definition) is 0. The van der Waals surface area contributed by atoms with E-state index >= 15 is 0 Å². The molecule has 8 nitrogen and oxygen atoms in total. The predicted molar refractivity (Wildman–Crippen MR) is 134 cm³/mol. The highest BCUT2D eigenvalue weighted by Gasteiger charge is 2.27. The van der Waals surface area contributed by atoms with Gasteiger partial charge in [-0.3, -0.25) is 4.90 Å². The van der Waals surface area contributed by atoms with Gasteiger partial charge in [0.05, 0.1) is 18.1 Å². The maximum Gasteiger partial charge on any atom is 0.243 e. The van der Waals surface area contributed by atoms with Crippen LogP contribution in [0.25, 0.3) is 11.4 Å². The molecule has 0 N–H and O–H groups in total. The summed E-state index contributed by atoms with van der Waals surface area (Å²) in [5, 5.41) is 8.79. The molecular weight excluding hydrogens is 462 g/mol. The molecule has 1 fully saturated rings. The highest BCUT2D eigenvalue weighted by atomic mass is 32.2. The second-order valence-corrected chi connectivity index (χ2v) is 11.2. The van der Waals surface area contributed by atoms with Crippen LogP contribution in [0.5, 0.6) is 0 Å². The zero-order valence-corrected chi connectivity index (χ0v) is 21.1. The van der Waals surface area contributed by atoms with Gasteiger partial charge in [-0.15, -0.1) is 10.2 Å². The third-order valence-electron chi connectivity index (χ3n) is 7.00. The third kappa shape index (κ3) is 5.33. The van der Waals surface area contributed by atoms with Crippen LogP contribution < -0.4 is 0 Å². The van der Waals surface area contributed by atoms with E-state index in [0.717, 1.165) is 68.1 Å². The lowest BCUT2D eigenvalue weighted by Crippen LogP contribution is -2.40. The van der Waals surface area contributed by atoms with E-state index in [-0.39, 0.29) is 0 Å². The zero-order valence-electron chi connectivity index (χ0n) is 20.3. The van der Waals surface area contributed by atoms with Gasteiger partial charge in [0.2, 0.25) is 10.0 Å². The summed E-state index contributed by atoms with van der Waals surface area (Å²) in [6, 6.07) is 15.8. The number of aromatic nitrogens is 3. The van der Waals surface area contributed by atoms with Crippen molar-refractivity contribution >= 4 is 10.0 Å². The van der Waals surface area contributed by atoms with Crippen molar-refractivity contribution in [1.29, 1.82) is 0 Å². The van der Waals surface area contributed by atoms with Crippen LogP contribution in [0.1, 0.15) is 29.8 Å². The molecule has 9 heteroatoms. The van der Waals surface area contributed by atoms with Gasteiger partial charge in [-0.25, -0.2) is 8.42 Å². The minimum absolute atomic E-state index is 0.400. The number of nitrogens with zero attached hydrogens (tertiary/aromatic N) is 5. The minimum atomic E-state index is -3.47. The molecule has 2 aliphatic heterocycles. The van der Waals surface area contributed by atoms with Crippen molar-refractivity contribution in [3.63, 3.8) is 0 Å². The summed E-state index contributed by atoms with van der Waals surface area (Å²) >= 11 is 0. The Hall–Kier alpha value is -2.59. The maximum atomic E-state index is 13.1. The maximum absolute atomic E-state index is 13.1. The summed E-state index contributed by atoms with van der Waals surface area (Å²) in [7, 11) is -1.44. The van der Waals surface area contributed by atoms with Gasteiger partial charge in [-0.2, -0.15) is 4.31 Å². The number of ether oxygens (including phenoxy) is 1. The molecule has 1 aromatic heterocycles. The Bertz CT molecular complexity index is 1250. The molecule has 3 heterocycles. The molecule has 0 radical (unpaired) electrons. The lowest BCUT2D eigenvalue weighted by atomic mass is 9.99. The SMILES string of the molecule is Cn1c(CCCCN2CCc3ccc(S(=O)(=O)N4CCOCC4)cc3C2)nnc1-c1ccccc1. The Labute approximate surface area is 207 Å². The van der Waals surface area contributed by atoms with Crippen LogP contribution in [0.15, 0.2) is 53.4 Å². The minimum Gasteiger partial charge on any atom is -0.379 e. The third-order valence-corrected chi connectivity index (χ3v) is 8.89. The van der Waals surface area contributed by atoms with E-state index in [2.05, 4.69) is 31.8 Å². The molecule has 0 aliphatic carbocycles. The van der Waals surface area contributed by atoms with Gasteiger partial charge < -0.3 is 9.30 Å². The average Bonchev–Trinajstić information content (AvgIpc) is 3.27. The first-order valence-corrected chi connectivity index (χ1v) is 13.8. The van der Waals surface area contributed by atoms with Crippen LogP contribution in [0.4, 0.5) is 0 Å². The van der Waals surface area contributed by atoms with E-state index in [1.54, 1.807) is 6.07 Å². The largest absolute Gasteiger partial charge is 0.379 e. The zero-order chi connectivity index (χ0) is 24.3. The fraction of sp³-hybridized carbons (Fsp3) is 0.462. The Kier molecular flexibility index (Phi) is 7.29. The number of fused-ring (bicyclic) bond motifs is 1. The summed E-state index contributed by atoms with van der Waals surface area (Å²) < 4.78 is 35.1. The topological polar surface area (TPSA) is 80.6 Å². The van der Waals surface area contributed by atoms with Crippen molar-refractivity contribution in [2.45, 2.75) is 37.1 Å². The van der Waals surface area contributed by atoms with E-state index in [4.69, 9.17) is 4.74 Å². The number of sulfonamides is 1. The van der Waals surface area contributed by atoms with E-state index < -0.39 is 10.0 Å². The molecule has 186 valence electrons. The van der Waals surface area contributed by atoms with Gasteiger partial charge in [0.25, 0.3) is 0 Å². The lowest BCUT2D eigenvalue weighted by molar-refractivity contribution is 0.0730. The van der Waals surface area contributed by atoms with Gasteiger partial charge in [-0.1, -0.05) is 36.4 Å². The molecule has 1 saturated heterocycles. The Morgan fingerprint density at radius 1 is 0.943 bits per heavy atom. The average molecular weight is 496 g/mol. The first-order chi connectivity index (χ1) is 17.0. The lowest BCUT2D eigenvalue weighted by Gasteiger charge is -2.30. The normalized spacial score (nSPS) is 17.4. The highest BCUT2D eigenvalue weighted by molar-refractivity contribution is 7.89. The van der Waals surface area contributed by atoms with Crippen LogP contribution >= 0.6 is 0 Å². The fourth-order valence-electron chi connectivity index (χ4n) is 4.92. The van der Waals surface area contributed by atoms with Gasteiger partial charge >= 0.3 is 0 Å². The number of unbranched alkanes of at least 4 members (excludes halogenated alkanes) is 1. The Balaban J connectivity index is 1.16. The number of morpholine rings is 1. The van der Waals surface area contributed by atoms with Crippen molar-refractivity contribution in [3.8, 4) is 11.4 Å². The standard InChI is InChI=1S/C26H33N5O3S/c1-29-25(27-28-26(29)22-7-3-2-4-8-22)9-5-6-13-30-14-12-21-10-11-24(19-23(21)20-30)35(32,33)31-15-17-34-18-16-31/h2-4,7-8,10-11,19H,5-6,9,12-18,20H2,1H3. The molecule has 2 aromatic carbocycles. The van der Waals surface area contributed by atoms with E-state index in [1.165, 1.54) is 9.87 Å². The smallest absolute Gasteiger partial charge is 0.243 e. The summed E-state index contributed by atoms with van der Waals surface area (Å²) in [6.07, 6.45) is 3.95. The van der Waals surface area contributed by atoms with Gasteiger partial charge in [-0.05, 0) is 49.1 Å². The summed E-state index contributed by atoms with van der Waals surface area (Å²) in [5.41, 5.74) is 3.47. The number of hydrogen-bond acceptors (Lipinski definition) is 6. The fourth-order valence-corrected chi connectivity index (χ4v) is 6.37. The molecule has 0 saturated carbocycles. The molecule has 35 heavy (non-hydrogen) atoms. The molecule has 5 rings (SSSR count). The van der Waals surface area contributed by atoms with Gasteiger partial charge in [0.1, 0.15) is 5.82 Å². The molecule has 0 spiro atoms. The van der Waals surface area contributed by atoms with Crippen LogP contribution in [0.2, 0.25) is 0 Å². The van der Waals surface area contributed by atoms with E-state index in [1.807, 2.05) is 37.4 Å². The molecule has 0 atom stereocenters. The summed E-state index contributed by atoms with van der Waals surface area (Å²) in [6.45, 7) is 4.55. The molecule has 0 unspecified atom stereocenters. The van der Waals surface area contributed by atoms with Crippen molar-refractivity contribution in [2.24, 2.45) is 7.05 Å². The summed E-state index contributed by atoms with van der Waals surface area (Å²) in [5.74, 6) is 1.90. The van der Waals surface area contributed by atoms with E-state index in [0.29, 0.717) is 31.2 Å². The predicted octanol–water partition coefficient (Wildman–Crippen LogP) is 2.88. The van der Waals surface area contributed by atoms with Crippen molar-refractivity contribution in [2.75, 3.05) is 39.4 Å². The first kappa shape index (κ1) is 24.1. The first-order valence-electron chi connectivity index (χ1n) is 12.4. The van der Waals surface area contributed by atoms with Gasteiger partial charge in [0, 0.05) is 45.2 Å². The Morgan fingerprint density at radius 3 is 2.54 bits per heavy atom. The van der Waals surface area contributed by atoms with Crippen LogP contribution in [0.3, 0.4) is 0 Å². The van der Waals surface area contributed by atoms with Crippen LogP contribution in [-0.4, -0.2) is 71.8 Å². The highest BCUT2D eigenvalue weighted by Crippen LogP contribution is 2.25. The number of aryl methyl sites for hydroxylation is 1. The molecule has 0 amide bonds. The quantitative estimate of drug-likeness (QED) is 0.447. The molecule has 2 aliphatic rings. The van der Waals surface area contributed by atoms with Crippen molar-refractivity contribution in [3.05, 3.63) is 65.5 Å². The van der Waals surface area contributed by atoms with E-state index in [9.17, 15) is 8.42 Å². The van der Waals surface area contributed by atoms with Crippen molar-refractivity contribution in [1.82, 2.24) is 24.0 Å². The number of benzene rings is 2.